The van der Waals surface area contributed by atoms with Crippen LogP contribution in [0.2, 0.25) is 0 Å². The van der Waals surface area contributed by atoms with Crippen LogP contribution >= 0.6 is 0 Å². The molecule has 0 heterocycles. The van der Waals surface area contributed by atoms with Gasteiger partial charge in [-0.15, -0.1) is 0 Å². The molecule has 4 saturated carbocycles. The summed E-state index contributed by atoms with van der Waals surface area (Å²) in [6.45, 7) is 0.786. The number of anilines is 1. The maximum absolute atomic E-state index is 11.1. The van der Waals surface area contributed by atoms with Crippen LogP contribution in [0, 0.1) is 33.3 Å². The van der Waals surface area contributed by atoms with Gasteiger partial charge in [-0.3, -0.25) is 10.1 Å². The molecule has 4 aliphatic rings. The molecule has 2 N–H and O–H groups in total. The van der Waals surface area contributed by atoms with Crippen molar-refractivity contribution in [2.45, 2.75) is 38.2 Å². The number of aliphatic hydroxyl groups is 1. The zero-order valence-corrected chi connectivity index (χ0v) is 12.6. The molecule has 118 valence electrons. The standard InChI is InChI=1S/C17H22N2O3/c20-16-12-5-11-6-13(16)9-17(7-11,8-12)10-18-14-3-1-2-4-15(14)19(21)22/h1-4,11-13,16,18,20H,5-10H2. The molecular formula is C17H22N2O3. The highest BCUT2D eigenvalue weighted by molar-refractivity contribution is 5.61. The van der Waals surface area contributed by atoms with E-state index in [9.17, 15) is 15.2 Å². The van der Waals surface area contributed by atoms with E-state index in [1.54, 1.807) is 18.2 Å². The minimum absolute atomic E-state index is 0.115. The maximum Gasteiger partial charge on any atom is 0.292 e. The molecule has 5 heteroatoms. The first-order valence-electron chi connectivity index (χ1n) is 8.22. The summed E-state index contributed by atoms with van der Waals surface area (Å²) in [5.74, 6) is 1.63. The zero-order valence-electron chi connectivity index (χ0n) is 12.6. The van der Waals surface area contributed by atoms with E-state index in [0.717, 1.165) is 25.3 Å². The SMILES string of the molecule is O=[N+]([O-])c1ccccc1NCC12CC3CC(C1)C(O)C(C3)C2. The topological polar surface area (TPSA) is 75.4 Å². The van der Waals surface area contributed by atoms with Gasteiger partial charge < -0.3 is 10.4 Å². The molecule has 5 nitrogen and oxygen atoms in total. The van der Waals surface area contributed by atoms with E-state index >= 15 is 0 Å². The summed E-state index contributed by atoms with van der Waals surface area (Å²) in [4.78, 5) is 10.8. The van der Waals surface area contributed by atoms with Crippen LogP contribution in [0.1, 0.15) is 32.1 Å². The summed E-state index contributed by atoms with van der Waals surface area (Å²) < 4.78 is 0. The number of para-hydroxylation sites is 2. The zero-order chi connectivity index (χ0) is 15.3. The first-order chi connectivity index (χ1) is 10.6. The molecule has 4 fully saturated rings. The van der Waals surface area contributed by atoms with Crippen molar-refractivity contribution in [3.05, 3.63) is 34.4 Å². The van der Waals surface area contributed by atoms with E-state index in [0.29, 0.717) is 17.5 Å². The average Bonchev–Trinajstić information content (AvgIpc) is 2.50. The summed E-state index contributed by atoms with van der Waals surface area (Å²) in [5.41, 5.74) is 0.982. The number of nitrogens with one attached hydrogen (secondary N) is 1. The fraction of sp³-hybridized carbons (Fsp3) is 0.647. The van der Waals surface area contributed by atoms with Crippen molar-refractivity contribution in [3.8, 4) is 0 Å². The normalized spacial score (nSPS) is 39.0. The van der Waals surface area contributed by atoms with Crippen molar-refractivity contribution in [1.29, 1.82) is 0 Å². The van der Waals surface area contributed by atoms with Crippen LogP contribution in [0.4, 0.5) is 11.4 Å². The molecule has 0 aliphatic heterocycles. The highest BCUT2D eigenvalue weighted by Crippen LogP contribution is 2.60. The lowest BCUT2D eigenvalue weighted by atomic mass is 9.48. The van der Waals surface area contributed by atoms with E-state index < -0.39 is 0 Å². The molecule has 4 bridgehead atoms. The summed E-state index contributed by atoms with van der Waals surface area (Å²) in [6.07, 6.45) is 5.57. The number of nitro groups is 1. The molecule has 4 aliphatic carbocycles. The van der Waals surface area contributed by atoms with Crippen molar-refractivity contribution < 1.29 is 10.0 Å². The van der Waals surface area contributed by atoms with Crippen LogP contribution < -0.4 is 5.32 Å². The van der Waals surface area contributed by atoms with Gasteiger partial charge in [-0.25, -0.2) is 0 Å². The van der Waals surface area contributed by atoms with Gasteiger partial charge in [0.15, 0.2) is 0 Å². The van der Waals surface area contributed by atoms with E-state index in [1.807, 2.05) is 6.07 Å². The molecule has 0 saturated heterocycles. The van der Waals surface area contributed by atoms with Crippen molar-refractivity contribution in [1.82, 2.24) is 0 Å². The Balaban J connectivity index is 1.52. The van der Waals surface area contributed by atoms with Crippen LogP contribution in [-0.2, 0) is 0 Å². The lowest BCUT2D eigenvalue weighted by molar-refractivity contribution is -0.384. The predicted octanol–water partition coefficient (Wildman–Crippen LogP) is 3.19. The minimum atomic E-state index is -0.328. The Kier molecular flexibility index (Phi) is 3.15. The molecule has 0 radical (unpaired) electrons. The highest BCUT2D eigenvalue weighted by atomic mass is 16.6. The Labute approximate surface area is 129 Å². The van der Waals surface area contributed by atoms with Crippen molar-refractivity contribution in [3.63, 3.8) is 0 Å². The highest BCUT2D eigenvalue weighted by Gasteiger charge is 2.54. The van der Waals surface area contributed by atoms with Crippen molar-refractivity contribution in [2.75, 3.05) is 11.9 Å². The molecule has 22 heavy (non-hydrogen) atoms. The second kappa shape index (κ2) is 4.95. The third kappa shape index (κ3) is 2.19. The largest absolute Gasteiger partial charge is 0.393 e. The van der Waals surface area contributed by atoms with Gasteiger partial charge in [0, 0.05) is 12.6 Å². The van der Waals surface area contributed by atoms with E-state index in [-0.39, 0.29) is 22.1 Å². The van der Waals surface area contributed by atoms with Gasteiger partial charge in [-0.05, 0) is 61.3 Å². The Hall–Kier alpha value is -1.62. The van der Waals surface area contributed by atoms with Crippen molar-refractivity contribution in [2.24, 2.45) is 23.2 Å². The lowest BCUT2D eigenvalue weighted by Gasteiger charge is -2.59. The minimum Gasteiger partial charge on any atom is -0.393 e. The van der Waals surface area contributed by atoms with E-state index in [4.69, 9.17) is 0 Å². The van der Waals surface area contributed by atoms with Gasteiger partial charge in [0.25, 0.3) is 5.69 Å². The van der Waals surface area contributed by atoms with Gasteiger partial charge in [0.2, 0.25) is 0 Å². The van der Waals surface area contributed by atoms with E-state index in [2.05, 4.69) is 5.32 Å². The maximum atomic E-state index is 11.1. The summed E-state index contributed by atoms with van der Waals surface area (Å²) in [6, 6.07) is 6.86. The van der Waals surface area contributed by atoms with Crippen LogP contribution in [0.15, 0.2) is 24.3 Å². The van der Waals surface area contributed by atoms with Crippen LogP contribution in [-0.4, -0.2) is 22.7 Å². The third-order valence-corrected chi connectivity index (χ3v) is 6.10. The van der Waals surface area contributed by atoms with Crippen LogP contribution in [0.5, 0.6) is 0 Å². The van der Waals surface area contributed by atoms with Crippen LogP contribution in [0.25, 0.3) is 0 Å². The first kappa shape index (κ1) is 14.0. The quantitative estimate of drug-likeness (QED) is 0.661. The number of benzene rings is 1. The van der Waals surface area contributed by atoms with Crippen molar-refractivity contribution >= 4 is 11.4 Å². The van der Waals surface area contributed by atoms with Gasteiger partial charge in [0.1, 0.15) is 5.69 Å². The molecule has 0 spiro atoms. The molecular weight excluding hydrogens is 280 g/mol. The fourth-order valence-electron chi connectivity index (χ4n) is 5.45. The Morgan fingerprint density at radius 1 is 1.23 bits per heavy atom. The molecule has 0 amide bonds. The Morgan fingerprint density at radius 3 is 2.59 bits per heavy atom. The monoisotopic (exact) mass is 302 g/mol. The number of nitrogens with zero attached hydrogens (tertiary/aromatic N) is 1. The van der Waals surface area contributed by atoms with Gasteiger partial charge >= 0.3 is 0 Å². The Morgan fingerprint density at radius 2 is 1.91 bits per heavy atom. The molecule has 2 unspecified atom stereocenters. The summed E-state index contributed by atoms with van der Waals surface area (Å²) in [5, 5.41) is 24.8. The molecule has 1 aromatic rings. The molecule has 5 rings (SSSR count). The molecule has 2 atom stereocenters. The first-order valence-corrected chi connectivity index (χ1v) is 8.22. The van der Waals surface area contributed by atoms with Gasteiger partial charge in [-0.2, -0.15) is 0 Å². The Bertz CT molecular complexity index is 587. The van der Waals surface area contributed by atoms with E-state index in [1.165, 1.54) is 19.3 Å². The second-order valence-corrected chi connectivity index (χ2v) is 7.59. The smallest absolute Gasteiger partial charge is 0.292 e. The fourth-order valence-corrected chi connectivity index (χ4v) is 5.45. The summed E-state index contributed by atoms with van der Waals surface area (Å²) in [7, 11) is 0. The average molecular weight is 302 g/mol. The molecule has 1 aromatic carbocycles. The lowest BCUT2D eigenvalue weighted by Crippen LogP contribution is -2.55. The van der Waals surface area contributed by atoms with Gasteiger partial charge in [0.05, 0.1) is 11.0 Å². The van der Waals surface area contributed by atoms with Gasteiger partial charge in [-0.1, -0.05) is 12.1 Å². The van der Waals surface area contributed by atoms with Crippen LogP contribution in [0.3, 0.4) is 0 Å². The number of hydrogen-bond donors (Lipinski definition) is 2. The summed E-state index contributed by atoms with van der Waals surface area (Å²) >= 11 is 0. The number of nitro benzene ring substituents is 1. The number of rotatable bonds is 4. The second-order valence-electron chi connectivity index (χ2n) is 7.59. The number of aliphatic hydroxyl groups excluding tert-OH is 1. The third-order valence-electron chi connectivity index (χ3n) is 6.10. The molecule has 0 aromatic heterocycles. The number of hydrogen-bond acceptors (Lipinski definition) is 4. The predicted molar refractivity (Wildman–Crippen MR) is 83.6 cm³/mol.